The van der Waals surface area contributed by atoms with Crippen LogP contribution in [-0.4, -0.2) is 45.5 Å². The second-order valence-corrected chi connectivity index (χ2v) is 6.37. The van der Waals surface area contributed by atoms with Crippen molar-refractivity contribution in [2.45, 2.75) is 4.90 Å². The number of methoxy groups -OCH3 is 1. The summed E-state index contributed by atoms with van der Waals surface area (Å²) in [5, 5.41) is 19.5. The summed E-state index contributed by atoms with van der Waals surface area (Å²) in [6.07, 6.45) is 0. The van der Waals surface area contributed by atoms with E-state index in [-0.39, 0.29) is 16.4 Å². The van der Waals surface area contributed by atoms with Gasteiger partial charge in [0.1, 0.15) is 16.7 Å². The van der Waals surface area contributed by atoms with Gasteiger partial charge in [-0.25, -0.2) is 12.7 Å². The van der Waals surface area contributed by atoms with Crippen LogP contribution >= 0.6 is 0 Å². The van der Waals surface area contributed by atoms with E-state index >= 15 is 0 Å². The fourth-order valence-electron chi connectivity index (χ4n) is 1.41. The highest BCUT2D eigenvalue weighted by Gasteiger charge is 2.22. The van der Waals surface area contributed by atoms with Gasteiger partial charge in [-0.05, 0) is 18.2 Å². The number of hydrogen-bond donors (Lipinski definition) is 3. The van der Waals surface area contributed by atoms with Crippen molar-refractivity contribution in [3.63, 3.8) is 0 Å². The van der Waals surface area contributed by atoms with Crippen LogP contribution in [0.3, 0.4) is 0 Å². The molecule has 22 heavy (non-hydrogen) atoms. The van der Waals surface area contributed by atoms with Crippen LogP contribution in [0.5, 0.6) is 5.75 Å². The smallest absolute Gasteiger partial charge is 0.246 e. The number of benzene rings is 1. The highest BCUT2D eigenvalue weighted by atomic mass is 32.2. The minimum atomic E-state index is -3.71. The summed E-state index contributed by atoms with van der Waals surface area (Å²) in [4.78, 5) is -0.0541. The lowest BCUT2D eigenvalue weighted by atomic mass is 10.3. The van der Waals surface area contributed by atoms with E-state index in [1.54, 1.807) is 6.07 Å². The topological polar surface area (TPSA) is 145 Å². The predicted molar refractivity (Wildman–Crippen MR) is 82.5 cm³/mol. The zero-order chi connectivity index (χ0) is 16.9. The lowest BCUT2D eigenvalue weighted by Gasteiger charge is -2.15. The SMILES string of the molecule is COc1ccc(N/N=C(\C#N)C(=N)N)cc1S(=O)(=O)N(C)C. The minimum Gasteiger partial charge on any atom is -0.495 e. The summed E-state index contributed by atoms with van der Waals surface area (Å²) >= 11 is 0. The van der Waals surface area contributed by atoms with Crippen molar-refractivity contribution < 1.29 is 13.2 Å². The summed E-state index contributed by atoms with van der Waals surface area (Å²) in [5.74, 6) is -0.319. The molecule has 0 spiro atoms. The lowest BCUT2D eigenvalue weighted by molar-refractivity contribution is 0.400. The maximum absolute atomic E-state index is 12.2. The molecule has 0 heterocycles. The quantitative estimate of drug-likeness (QED) is 0.386. The zero-order valence-corrected chi connectivity index (χ0v) is 13.1. The second-order valence-electron chi connectivity index (χ2n) is 4.25. The zero-order valence-electron chi connectivity index (χ0n) is 12.3. The van der Waals surface area contributed by atoms with Crippen molar-refractivity contribution in [2.24, 2.45) is 10.8 Å². The molecule has 118 valence electrons. The molecule has 0 atom stereocenters. The van der Waals surface area contributed by atoms with E-state index in [4.69, 9.17) is 21.1 Å². The van der Waals surface area contributed by atoms with Crippen LogP contribution in [0, 0.1) is 16.7 Å². The van der Waals surface area contributed by atoms with Gasteiger partial charge in [0.25, 0.3) is 0 Å². The molecular formula is C12H16N6O3S. The molecule has 0 amide bonds. The Morgan fingerprint density at radius 1 is 1.50 bits per heavy atom. The molecule has 1 aromatic carbocycles. The molecule has 0 fully saturated rings. The van der Waals surface area contributed by atoms with Crippen molar-refractivity contribution in [1.29, 1.82) is 10.7 Å². The van der Waals surface area contributed by atoms with Gasteiger partial charge in [-0.15, -0.1) is 0 Å². The Hall–Kier alpha value is -2.64. The number of amidine groups is 1. The third-order valence-electron chi connectivity index (χ3n) is 2.58. The van der Waals surface area contributed by atoms with E-state index in [0.29, 0.717) is 5.69 Å². The summed E-state index contributed by atoms with van der Waals surface area (Å²) in [6.45, 7) is 0. The highest BCUT2D eigenvalue weighted by molar-refractivity contribution is 7.89. The normalized spacial score (nSPS) is 11.9. The lowest BCUT2D eigenvalue weighted by Crippen LogP contribution is -2.23. The molecule has 0 saturated carbocycles. The molecular weight excluding hydrogens is 308 g/mol. The third-order valence-corrected chi connectivity index (χ3v) is 4.42. The molecule has 0 aliphatic rings. The number of nitrogens with zero attached hydrogens (tertiary/aromatic N) is 3. The van der Waals surface area contributed by atoms with E-state index in [9.17, 15) is 8.42 Å². The largest absolute Gasteiger partial charge is 0.495 e. The third kappa shape index (κ3) is 3.72. The second kappa shape index (κ2) is 6.88. The number of rotatable bonds is 6. The number of ether oxygens (including phenoxy) is 1. The van der Waals surface area contributed by atoms with Gasteiger partial charge in [-0.2, -0.15) is 10.4 Å². The van der Waals surface area contributed by atoms with E-state index in [0.717, 1.165) is 4.31 Å². The van der Waals surface area contributed by atoms with Gasteiger partial charge in [0, 0.05) is 14.1 Å². The van der Waals surface area contributed by atoms with Crippen molar-refractivity contribution in [1.82, 2.24) is 4.31 Å². The Morgan fingerprint density at radius 3 is 2.59 bits per heavy atom. The fourth-order valence-corrected chi connectivity index (χ4v) is 2.49. The van der Waals surface area contributed by atoms with Crippen molar-refractivity contribution in [2.75, 3.05) is 26.6 Å². The van der Waals surface area contributed by atoms with E-state index in [1.807, 2.05) is 0 Å². The molecule has 10 heteroatoms. The first-order valence-electron chi connectivity index (χ1n) is 5.92. The number of hydrogen-bond acceptors (Lipinski definition) is 7. The summed E-state index contributed by atoms with van der Waals surface area (Å²) in [5.41, 5.74) is 7.64. The Balaban J connectivity index is 3.28. The minimum absolute atomic E-state index is 0.0541. The predicted octanol–water partition coefficient (Wildman–Crippen LogP) is 0.173. The Labute approximate surface area is 128 Å². The fraction of sp³-hybridized carbons (Fsp3) is 0.250. The van der Waals surface area contributed by atoms with Gasteiger partial charge in [-0.1, -0.05) is 0 Å². The average Bonchev–Trinajstić information content (AvgIpc) is 2.47. The molecule has 0 aliphatic carbocycles. The van der Waals surface area contributed by atoms with Crippen LogP contribution < -0.4 is 15.9 Å². The van der Waals surface area contributed by atoms with Gasteiger partial charge in [0.15, 0.2) is 5.84 Å². The molecule has 1 rings (SSSR count). The maximum Gasteiger partial charge on any atom is 0.246 e. The highest BCUT2D eigenvalue weighted by Crippen LogP contribution is 2.28. The number of sulfonamides is 1. The van der Waals surface area contributed by atoms with Crippen LogP contribution in [-0.2, 0) is 10.0 Å². The maximum atomic E-state index is 12.2. The first kappa shape index (κ1) is 17.4. The Kier molecular flexibility index (Phi) is 5.44. The van der Waals surface area contributed by atoms with Crippen molar-refractivity contribution >= 4 is 27.3 Å². The molecule has 0 saturated heterocycles. The number of nitrogens with one attached hydrogen (secondary N) is 2. The Morgan fingerprint density at radius 2 is 2.14 bits per heavy atom. The first-order valence-corrected chi connectivity index (χ1v) is 7.36. The van der Waals surface area contributed by atoms with Crippen LogP contribution in [0.25, 0.3) is 0 Å². The monoisotopic (exact) mass is 324 g/mol. The van der Waals surface area contributed by atoms with Gasteiger partial charge in [0.05, 0.1) is 12.8 Å². The van der Waals surface area contributed by atoms with Gasteiger partial charge in [-0.3, -0.25) is 10.8 Å². The molecule has 4 N–H and O–H groups in total. The average molecular weight is 324 g/mol. The molecule has 9 nitrogen and oxygen atoms in total. The molecule has 1 aromatic rings. The van der Waals surface area contributed by atoms with Gasteiger partial charge < -0.3 is 10.5 Å². The standard InChI is InChI=1S/C12H16N6O3S/c1-18(2)22(19,20)11-6-8(4-5-10(11)21-3)16-17-9(7-13)12(14)15/h4-6,16H,1-3H3,(H3,14,15)/b17-9+. The molecule has 0 bridgehead atoms. The number of nitrogens with two attached hydrogens (primary N) is 1. The van der Waals surface area contributed by atoms with Crippen LogP contribution in [0.4, 0.5) is 5.69 Å². The van der Waals surface area contributed by atoms with Crippen LogP contribution in [0.1, 0.15) is 0 Å². The number of anilines is 1. The van der Waals surface area contributed by atoms with Gasteiger partial charge in [0.2, 0.25) is 15.7 Å². The molecule has 0 unspecified atom stereocenters. The van der Waals surface area contributed by atoms with Crippen molar-refractivity contribution in [3.05, 3.63) is 18.2 Å². The molecule has 0 radical (unpaired) electrons. The summed E-state index contributed by atoms with van der Waals surface area (Å²) in [7, 11) is 0.444. The van der Waals surface area contributed by atoms with Crippen LogP contribution in [0.2, 0.25) is 0 Å². The number of hydrazone groups is 1. The van der Waals surface area contributed by atoms with Crippen LogP contribution in [0.15, 0.2) is 28.2 Å². The first-order chi connectivity index (χ1) is 10.2. The van der Waals surface area contributed by atoms with Crippen molar-refractivity contribution in [3.8, 4) is 11.8 Å². The van der Waals surface area contributed by atoms with E-state index < -0.39 is 15.9 Å². The molecule has 0 aliphatic heterocycles. The van der Waals surface area contributed by atoms with E-state index in [1.165, 1.54) is 39.4 Å². The summed E-state index contributed by atoms with van der Waals surface area (Å²) in [6, 6.07) is 5.93. The van der Waals surface area contributed by atoms with E-state index in [2.05, 4.69) is 10.5 Å². The summed E-state index contributed by atoms with van der Waals surface area (Å²) < 4.78 is 30.6. The Bertz CT molecular complexity index is 749. The number of nitriles is 1. The molecule has 0 aromatic heterocycles. The van der Waals surface area contributed by atoms with Gasteiger partial charge >= 0.3 is 0 Å².